The molecule has 1 heterocycles. The van der Waals surface area contributed by atoms with Crippen LogP contribution in [-0.2, 0) is 14.4 Å². The van der Waals surface area contributed by atoms with Crippen molar-refractivity contribution < 1.29 is 14.4 Å². The van der Waals surface area contributed by atoms with E-state index in [0.717, 1.165) is 0 Å². The molecule has 1 atom stereocenters. The monoisotopic (exact) mass is 198 g/mol. The first-order valence-corrected chi connectivity index (χ1v) is 4.64. The summed E-state index contributed by atoms with van der Waals surface area (Å²) < 4.78 is 0. The summed E-state index contributed by atoms with van der Waals surface area (Å²) in [5.74, 6) is -0.624. The van der Waals surface area contributed by atoms with Gasteiger partial charge in [-0.15, -0.1) is 0 Å². The van der Waals surface area contributed by atoms with E-state index in [0.29, 0.717) is 6.42 Å². The molecule has 0 bridgehead atoms. The zero-order valence-corrected chi connectivity index (χ0v) is 8.37. The molecule has 78 valence electrons. The zero-order chi connectivity index (χ0) is 10.7. The second kappa shape index (κ2) is 4.32. The Morgan fingerprint density at radius 2 is 2.21 bits per heavy atom. The second-order valence-electron chi connectivity index (χ2n) is 3.39. The van der Waals surface area contributed by atoms with Crippen molar-refractivity contribution in [2.45, 2.75) is 26.3 Å². The fourth-order valence-corrected chi connectivity index (χ4v) is 1.30. The van der Waals surface area contributed by atoms with Crippen LogP contribution in [0, 0.1) is 0 Å². The molecule has 0 radical (unpaired) electrons. The second-order valence-corrected chi connectivity index (χ2v) is 3.39. The fourth-order valence-electron chi connectivity index (χ4n) is 1.30. The van der Waals surface area contributed by atoms with Gasteiger partial charge in [-0.3, -0.25) is 24.6 Å². The highest BCUT2D eigenvalue weighted by molar-refractivity contribution is 6.01. The van der Waals surface area contributed by atoms with E-state index in [9.17, 15) is 14.4 Å². The van der Waals surface area contributed by atoms with Gasteiger partial charge >= 0.3 is 0 Å². The molecular formula is C9H14N2O3. The number of carbonyl (C=O) groups is 3. The van der Waals surface area contributed by atoms with Crippen LogP contribution in [0.4, 0.5) is 0 Å². The molecule has 1 unspecified atom stereocenters. The number of Topliss-reactive ketones (excluding diaryl/α,β-unsaturated/α-hetero) is 1. The van der Waals surface area contributed by atoms with E-state index < -0.39 is 6.04 Å². The molecule has 0 aromatic carbocycles. The predicted molar refractivity (Wildman–Crippen MR) is 49.5 cm³/mol. The van der Waals surface area contributed by atoms with Gasteiger partial charge in [-0.25, -0.2) is 0 Å². The van der Waals surface area contributed by atoms with Gasteiger partial charge in [0.15, 0.2) is 0 Å². The van der Waals surface area contributed by atoms with Crippen molar-refractivity contribution in [1.29, 1.82) is 0 Å². The van der Waals surface area contributed by atoms with Crippen molar-refractivity contribution in [2.24, 2.45) is 0 Å². The van der Waals surface area contributed by atoms with Gasteiger partial charge in [0.1, 0.15) is 5.78 Å². The number of nitrogens with zero attached hydrogens (tertiary/aromatic N) is 1. The average molecular weight is 198 g/mol. The summed E-state index contributed by atoms with van der Waals surface area (Å²) >= 11 is 0. The van der Waals surface area contributed by atoms with E-state index >= 15 is 0 Å². The van der Waals surface area contributed by atoms with Crippen LogP contribution in [0.5, 0.6) is 0 Å². The SMILES string of the molecule is CCC(=O)CN1CC(=O)NC(=O)C1C. The third-order valence-electron chi connectivity index (χ3n) is 2.31. The maximum absolute atomic E-state index is 11.2. The Morgan fingerprint density at radius 3 is 2.79 bits per heavy atom. The molecule has 0 saturated carbocycles. The number of hydrogen-bond acceptors (Lipinski definition) is 4. The summed E-state index contributed by atoms with van der Waals surface area (Å²) in [6.45, 7) is 3.75. The van der Waals surface area contributed by atoms with Crippen LogP contribution in [0.3, 0.4) is 0 Å². The third kappa shape index (κ3) is 2.38. The van der Waals surface area contributed by atoms with Gasteiger partial charge in [0.05, 0.1) is 19.1 Å². The molecular weight excluding hydrogens is 184 g/mol. The molecule has 14 heavy (non-hydrogen) atoms. The van der Waals surface area contributed by atoms with Crippen molar-refractivity contribution in [1.82, 2.24) is 10.2 Å². The lowest BCUT2D eigenvalue weighted by atomic mass is 10.1. The van der Waals surface area contributed by atoms with Crippen LogP contribution in [0.1, 0.15) is 20.3 Å². The molecule has 1 N–H and O–H groups in total. The van der Waals surface area contributed by atoms with Crippen LogP contribution in [0.15, 0.2) is 0 Å². The van der Waals surface area contributed by atoms with Gasteiger partial charge in [0, 0.05) is 6.42 Å². The van der Waals surface area contributed by atoms with Crippen LogP contribution in [-0.4, -0.2) is 41.6 Å². The van der Waals surface area contributed by atoms with E-state index in [2.05, 4.69) is 5.32 Å². The first-order chi connectivity index (χ1) is 6.54. The summed E-state index contributed by atoms with van der Waals surface area (Å²) in [5.41, 5.74) is 0. The van der Waals surface area contributed by atoms with Crippen LogP contribution >= 0.6 is 0 Å². The number of amides is 2. The van der Waals surface area contributed by atoms with Crippen molar-refractivity contribution >= 4 is 17.6 Å². The number of rotatable bonds is 3. The number of piperazine rings is 1. The zero-order valence-electron chi connectivity index (χ0n) is 8.37. The molecule has 1 rings (SSSR count). The Balaban J connectivity index is 2.62. The largest absolute Gasteiger partial charge is 0.298 e. The minimum absolute atomic E-state index is 0.0411. The maximum atomic E-state index is 11.2. The predicted octanol–water partition coefficient (Wildman–Crippen LogP) is -0.688. The van der Waals surface area contributed by atoms with Gasteiger partial charge in [0.25, 0.3) is 0 Å². The average Bonchev–Trinajstić information content (AvgIpc) is 2.13. The van der Waals surface area contributed by atoms with Crippen LogP contribution in [0.2, 0.25) is 0 Å². The van der Waals surface area contributed by atoms with E-state index in [1.54, 1.807) is 18.7 Å². The van der Waals surface area contributed by atoms with Crippen molar-refractivity contribution in [2.75, 3.05) is 13.1 Å². The highest BCUT2D eigenvalue weighted by atomic mass is 16.2. The van der Waals surface area contributed by atoms with E-state index in [1.165, 1.54) is 0 Å². The molecule has 1 fully saturated rings. The number of hydrogen-bond donors (Lipinski definition) is 1. The maximum Gasteiger partial charge on any atom is 0.243 e. The highest BCUT2D eigenvalue weighted by Crippen LogP contribution is 2.04. The standard InChI is InChI=1S/C9H14N2O3/c1-3-7(12)4-11-5-8(13)10-9(14)6(11)2/h6H,3-5H2,1-2H3,(H,10,13,14). The first kappa shape index (κ1) is 10.8. The Morgan fingerprint density at radius 1 is 1.57 bits per heavy atom. The molecule has 5 heteroatoms. The smallest absolute Gasteiger partial charge is 0.243 e. The van der Waals surface area contributed by atoms with Crippen molar-refractivity contribution in [3.63, 3.8) is 0 Å². The van der Waals surface area contributed by atoms with Crippen LogP contribution < -0.4 is 5.32 Å². The third-order valence-corrected chi connectivity index (χ3v) is 2.31. The number of carbonyl (C=O) groups excluding carboxylic acids is 3. The summed E-state index contributed by atoms with van der Waals surface area (Å²) in [6.07, 6.45) is 0.430. The van der Waals surface area contributed by atoms with E-state index in [1.807, 2.05) is 0 Å². The van der Waals surface area contributed by atoms with Gasteiger partial charge in [-0.2, -0.15) is 0 Å². The lowest BCUT2D eigenvalue weighted by Gasteiger charge is -2.30. The normalized spacial score (nSPS) is 23.4. The summed E-state index contributed by atoms with van der Waals surface area (Å²) in [4.78, 5) is 35.0. The molecule has 0 aromatic heterocycles. The fraction of sp³-hybridized carbons (Fsp3) is 0.667. The molecule has 1 saturated heterocycles. The molecule has 5 nitrogen and oxygen atoms in total. The number of nitrogens with one attached hydrogen (secondary N) is 1. The molecule has 0 aromatic rings. The lowest BCUT2D eigenvalue weighted by Crippen LogP contribution is -2.57. The quantitative estimate of drug-likeness (QED) is 0.610. The van der Waals surface area contributed by atoms with Crippen molar-refractivity contribution in [3.8, 4) is 0 Å². The Hall–Kier alpha value is -1.23. The molecule has 2 amide bonds. The topological polar surface area (TPSA) is 66.5 Å². The van der Waals surface area contributed by atoms with Gasteiger partial charge in [-0.1, -0.05) is 6.92 Å². The number of imide groups is 1. The molecule has 0 aliphatic carbocycles. The Labute approximate surface area is 82.4 Å². The summed E-state index contributed by atoms with van der Waals surface area (Å²) in [7, 11) is 0. The minimum atomic E-state index is -0.400. The first-order valence-electron chi connectivity index (χ1n) is 4.64. The Kier molecular flexibility index (Phi) is 3.35. The van der Waals surface area contributed by atoms with E-state index in [-0.39, 0.29) is 30.7 Å². The highest BCUT2D eigenvalue weighted by Gasteiger charge is 2.30. The number of ketones is 1. The van der Waals surface area contributed by atoms with Crippen molar-refractivity contribution in [3.05, 3.63) is 0 Å². The van der Waals surface area contributed by atoms with Gasteiger partial charge < -0.3 is 0 Å². The molecule has 1 aliphatic rings. The lowest BCUT2D eigenvalue weighted by molar-refractivity contribution is -0.140. The Bertz CT molecular complexity index is 275. The minimum Gasteiger partial charge on any atom is -0.298 e. The molecule has 0 spiro atoms. The molecule has 1 aliphatic heterocycles. The summed E-state index contributed by atoms with van der Waals surface area (Å²) in [6, 6.07) is -0.400. The summed E-state index contributed by atoms with van der Waals surface area (Å²) in [5, 5.41) is 2.22. The van der Waals surface area contributed by atoms with Gasteiger partial charge in [-0.05, 0) is 6.92 Å². The van der Waals surface area contributed by atoms with Gasteiger partial charge in [0.2, 0.25) is 11.8 Å². The van der Waals surface area contributed by atoms with E-state index in [4.69, 9.17) is 0 Å². The van der Waals surface area contributed by atoms with Crippen LogP contribution in [0.25, 0.3) is 0 Å².